The fourth-order valence-corrected chi connectivity index (χ4v) is 3.54. The molecular weight excluding hydrogens is 412 g/mol. The molecule has 1 heterocycles. The minimum Gasteiger partial charge on any atom is -0.361 e. The number of benzene rings is 3. The van der Waals surface area contributed by atoms with Gasteiger partial charge in [0.15, 0.2) is 0 Å². The van der Waals surface area contributed by atoms with E-state index in [9.17, 15) is 9.59 Å². The summed E-state index contributed by atoms with van der Waals surface area (Å²) in [5, 5.41) is 7.00. The maximum Gasteiger partial charge on any atom is 0.252 e. The van der Waals surface area contributed by atoms with E-state index in [4.69, 9.17) is 17.3 Å². The first kappa shape index (κ1) is 20.7. The van der Waals surface area contributed by atoms with Crippen LogP contribution < -0.4 is 16.4 Å². The van der Waals surface area contributed by atoms with Crippen LogP contribution in [0.25, 0.3) is 10.9 Å². The predicted octanol–water partition coefficient (Wildman–Crippen LogP) is 4.07. The molecule has 0 saturated carbocycles. The van der Waals surface area contributed by atoms with Gasteiger partial charge in [-0.15, -0.1) is 0 Å². The van der Waals surface area contributed by atoms with Gasteiger partial charge in [0.05, 0.1) is 0 Å². The number of carbonyl (C=O) groups excluding carboxylic acids is 2. The number of carbonyl (C=O) groups is 2. The molecule has 0 aliphatic heterocycles. The number of hydrogen-bond donors (Lipinski definition) is 4. The van der Waals surface area contributed by atoms with Crippen LogP contribution in [0.3, 0.4) is 0 Å². The van der Waals surface area contributed by atoms with Gasteiger partial charge >= 0.3 is 0 Å². The Morgan fingerprint density at radius 3 is 2.29 bits per heavy atom. The number of hydrogen-bond acceptors (Lipinski definition) is 3. The molecule has 2 amide bonds. The first-order valence-corrected chi connectivity index (χ1v) is 10.1. The first-order valence-electron chi connectivity index (χ1n) is 9.76. The summed E-state index contributed by atoms with van der Waals surface area (Å²) in [6.07, 6.45) is 1.01. The molecule has 2 atom stereocenters. The Labute approximate surface area is 184 Å². The number of amides is 2. The average Bonchev–Trinajstić information content (AvgIpc) is 3.22. The average molecular weight is 433 g/mol. The fourth-order valence-electron chi connectivity index (χ4n) is 3.41. The molecule has 3 aromatic carbocycles. The summed E-state index contributed by atoms with van der Waals surface area (Å²) in [4.78, 5) is 29.3. The van der Waals surface area contributed by atoms with E-state index >= 15 is 0 Å². The van der Waals surface area contributed by atoms with Crippen molar-refractivity contribution in [3.05, 3.63) is 107 Å². The molecule has 5 N–H and O–H groups in total. The summed E-state index contributed by atoms with van der Waals surface area (Å²) in [7, 11) is 0. The van der Waals surface area contributed by atoms with Crippen molar-refractivity contribution in [2.75, 3.05) is 0 Å². The van der Waals surface area contributed by atoms with Gasteiger partial charge in [0, 0.05) is 33.2 Å². The van der Waals surface area contributed by atoms with Gasteiger partial charge < -0.3 is 21.4 Å². The lowest BCUT2D eigenvalue weighted by molar-refractivity contribution is -0.123. The molecule has 4 rings (SSSR count). The van der Waals surface area contributed by atoms with Gasteiger partial charge in [0.25, 0.3) is 5.91 Å². The number of aromatic nitrogens is 1. The second-order valence-corrected chi connectivity index (χ2v) is 7.54. The van der Waals surface area contributed by atoms with E-state index in [0.717, 1.165) is 16.5 Å². The summed E-state index contributed by atoms with van der Waals surface area (Å²) in [5.74, 6) is -0.807. The molecule has 0 fully saturated rings. The molecule has 0 spiro atoms. The van der Waals surface area contributed by atoms with Gasteiger partial charge in [0.1, 0.15) is 12.2 Å². The monoisotopic (exact) mass is 432 g/mol. The number of rotatable bonds is 6. The molecule has 156 valence electrons. The normalized spacial score (nSPS) is 12.8. The Hall–Kier alpha value is -3.61. The van der Waals surface area contributed by atoms with Crippen LogP contribution in [0, 0.1) is 0 Å². The number of H-pyrrole nitrogens is 1. The van der Waals surface area contributed by atoms with Gasteiger partial charge in [0.2, 0.25) is 5.91 Å². The van der Waals surface area contributed by atoms with Crippen LogP contribution in [0.5, 0.6) is 0 Å². The van der Waals surface area contributed by atoms with E-state index in [-0.39, 0.29) is 0 Å². The Kier molecular flexibility index (Phi) is 6.02. The van der Waals surface area contributed by atoms with Crippen molar-refractivity contribution in [3.63, 3.8) is 0 Å². The third kappa shape index (κ3) is 4.60. The number of halogens is 1. The minimum absolute atomic E-state index is 0.393. The second kappa shape index (κ2) is 9.04. The van der Waals surface area contributed by atoms with Gasteiger partial charge in [-0.2, -0.15) is 0 Å². The van der Waals surface area contributed by atoms with Crippen LogP contribution >= 0.6 is 11.6 Å². The van der Waals surface area contributed by atoms with E-state index in [0.29, 0.717) is 16.1 Å². The highest BCUT2D eigenvalue weighted by Gasteiger charge is 2.27. The van der Waals surface area contributed by atoms with Crippen molar-refractivity contribution >= 4 is 34.3 Å². The molecule has 4 aromatic rings. The summed E-state index contributed by atoms with van der Waals surface area (Å²) >= 11 is 5.92. The van der Waals surface area contributed by atoms with Crippen LogP contribution in [0.15, 0.2) is 85.1 Å². The molecule has 2 unspecified atom stereocenters. The molecule has 0 aliphatic rings. The molecule has 0 bridgehead atoms. The number of para-hydroxylation sites is 1. The third-order valence-electron chi connectivity index (χ3n) is 5.03. The molecule has 7 heteroatoms. The highest BCUT2D eigenvalue weighted by molar-refractivity contribution is 6.30. The van der Waals surface area contributed by atoms with Gasteiger partial charge in [-0.1, -0.05) is 60.1 Å². The van der Waals surface area contributed by atoms with Gasteiger partial charge in [-0.05, 0) is 35.9 Å². The zero-order valence-electron chi connectivity index (χ0n) is 16.5. The summed E-state index contributed by atoms with van der Waals surface area (Å²) in [5.41, 5.74) is 8.86. The Morgan fingerprint density at radius 1 is 0.871 bits per heavy atom. The molecule has 0 radical (unpaired) electrons. The number of nitrogens with two attached hydrogens (primary N) is 1. The van der Waals surface area contributed by atoms with E-state index in [1.807, 2.05) is 54.6 Å². The maximum atomic E-state index is 13.2. The molecular formula is C24H21ClN4O2. The summed E-state index contributed by atoms with van der Waals surface area (Å²) < 4.78 is 0. The van der Waals surface area contributed by atoms with Crippen LogP contribution in [0.2, 0.25) is 5.02 Å². The molecule has 0 saturated heterocycles. The highest BCUT2D eigenvalue weighted by atomic mass is 35.5. The van der Waals surface area contributed by atoms with Gasteiger partial charge in [-0.3, -0.25) is 9.59 Å². The molecule has 31 heavy (non-hydrogen) atoms. The predicted molar refractivity (Wildman–Crippen MR) is 121 cm³/mol. The van der Waals surface area contributed by atoms with Crippen LogP contribution in [-0.2, 0) is 4.79 Å². The highest BCUT2D eigenvalue weighted by Crippen LogP contribution is 2.25. The molecule has 0 aliphatic carbocycles. The van der Waals surface area contributed by atoms with Crippen LogP contribution in [-0.4, -0.2) is 16.8 Å². The lowest BCUT2D eigenvalue weighted by Gasteiger charge is -2.21. The molecule has 1 aromatic heterocycles. The van der Waals surface area contributed by atoms with Crippen molar-refractivity contribution in [3.8, 4) is 0 Å². The summed E-state index contributed by atoms with van der Waals surface area (Å²) in [6.45, 7) is 0. The quantitative estimate of drug-likeness (QED) is 0.345. The van der Waals surface area contributed by atoms with E-state index in [2.05, 4.69) is 15.6 Å². The Bertz CT molecular complexity index is 1210. The van der Waals surface area contributed by atoms with Crippen molar-refractivity contribution in [2.45, 2.75) is 12.2 Å². The molecule has 6 nitrogen and oxygen atoms in total. The van der Waals surface area contributed by atoms with E-state index in [1.165, 1.54) is 0 Å². The minimum atomic E-state index is -0.950. The smallest absolute Gasteiger partial charge is 0.252 e. The number of aromatic amines is 1. The van der Waals surface area contributed by atoms with Gasteiger partial charge in [-0.25, -0.2) is 0 Å². The lowest BCUT2D eigenvalue weighted by atomic mass is 10.0. The van der Waals surface area contributed by atoms with Crippen molar-refractivity contribution in [1.82, 2.24) is 15.6 Å². The Morgan fingerprint density at radius 2 is 1.55 bits per heavy atom. The topological polar surface area (TPSA) is 100 Å². The van der Waals surface area contributed by atoms with Crippen LogP contribution in [0.1, 0.15) is 33.7 Å². The second-order valence-electron chi connectivity index (χ2n) is 7.10. The first-order chi connectivity index (χ1) is 15.0. The van der Waals surface area contributed by atoms with Crippen LogP contribution in [0.4, 0.5) is 0 Å². The van der Waals surface area contributed by atoms with Crippen molar-refractivity contribution < 1.29 is 9.59 Å². The zero-order valence-corrected chi connectivity index (χ0v) is 17.3. The van der Waals surface area contributed by atoms with Crippen molar-refractivity contribution in [1.29, 1.82) is 0 Å². The SMILES string of the molecule is NC(NC(=O)C(NC(=O)c1ccc(Cl)cc1)c1c[nH]c2ccccc12)c1ccccc1. The lowest BCUT2D eigenvalue weighted by Crippen LogP contribution is -2.43. The Balaban J connectivity index is 1.64. The van der Waals surface area contributed by atoms with E-state index < -0.39 is 24.0 Å². The third-order valence-corrected chi connectivity index (χ3v) is 5.28. The standard InChI is InChI=1S/C24H21ClN4O2/c25-17-12-10-16(11-13-17)23(30)28-21(19-14-27-20-9-5-4-8-18(19)20)24(31)29-22(26)15-6-2-1-3-7-15/h1-14,21-22,27H,26H2,(H,28,30)(H,29,31). The largest absolute Gasteiger partial charge is 0.361 e. The maximum absolute atomic E-state index is 13.2. The van der Waals surface area contributed by atoms with E-state index in [1.54, 1.807) is 30.5 Å². The number of nitrogens with one attached hydrogen (secondary N) is 3. The van der Waals surface area contributed by atoms with Crippen molar-refractivity contribution in [2.24, 2.45) is 5.73 Å². The fraction of sp³-hybridized carbons (Fsp3) is 0.0833. The zero-order chi connectivity index (χ0) is 21.8. The summed E-state index contributed by atoms with van der Waals surface area (Å²) in [6, 6.07) is 22.3. The number of fused-ring (bicyclic) bond motifs is 1.